The van der Waals surface area contributed by atoms with Crippen molar-refractivity contribution in [3.8, 4) is 0 Å². The van der Waals surface area contributed by atoms with Crippen LogP contribution in [0.15, 0.2) is 60.8 Å². The van der Waals surface area contributed by atoms with E-state index in [9.17, 15) is 4.79 Å². The van der Waals surface area contributed by atoms with Crippen LogP contribution >= 0.6 is 11.3 Å². The molecule has 5 nitrogen and oxygen atoms in total. The number of pyridine rings is 1. The highest BCUT2D eigenvalue weighted by Gasteiger charge is 2.30. The number of benzene rings is 2. The van der Waals surface area contributed by atoms with Crippen LogP contribution in [0.3, 0.4) is 0 Å². The Labute approximate surface area is 185 Å². The largest absolute Gasteiger partial charge is 0.371 e. The Morgan fingerprint density at radius 2 is 2.06 bits per heavy atom. The third-order valence-electron chi connectivity index (χ3n) is 5.78. The van der Waals surface area contributed by atoms with Crippen molar-refractivity contribution in [2.45, 2.75) is 12.6 Å². The summed E-state index contributed by atoms with van der Waals surface area (Å²) in [5.74, 6) is 0.0407. The molecule has 31 heavy (non-hydrogen) atoms. The van der Waals surface area contributed by atoms with Gasteiger partial charge in [-0.05, 0) is 35.2 Å². The lowest BCUT2D eigenvalue weighted by atomic mass is 10.0. The van der Waals surface area contributed by atoms with Crippen molar-refractivity contribution in [3.63, 3.8) is 0 Å². The first kappa shape index (κ1) is 20.1. The summed E-state index contributed by atoms with van der Waals surface area (Å²) in [6.45, 7) is 3.14. The zero-order valence-electron chi connectivity index (χ0n) is 17.7. The Morgan fingerprint density at radius 1 is 1.19 bits per heavy atom. The minimum absolute atomic E-state index is 0.0407. The maximum atomic E-state index is 12.9. The van der Waals surface area contributed by atoms with Crippen molar-refractivity contribution in [2.75, 3.05) is 33.8 Å². The van der Waals surface area contributed by atoms with Gasteiger partial charge in [-0.15, -0.1) is 11.3 Å². The first-order valence-electron chi connectivity index (χ1n) is 10.5. The molecule has 1 fully saturated rings. The Morgan fingerprint density at radius 3 is 2.94 bits per heavy atom. The van der Waals surface area contributed by atoms with E-state index in [4.69, 9.17) is 4.74 Å². The Balaban J connectivity index is 1.44. The van der Waals surface area contributed by atoms with E-state index in [1.54, 1.807) is 30.3 Å². The van der Waals surface area contributed by atoms with Crippen LogP contribution in [0.5, 0.6) is 0 Å². The summed E-state index contributed by atoms with van der Waals surface area (Å²) >= 11 is 1.56. The molecule has 1 aliphatic heterocycles. The van der Waals surface area contributed by atoms with Crippen LogP contribution in [0.4, 0.5) is 0 Å². The highest BCUT2D eigenvalue weighted by Crippen LogP contribution is 2.38. The first-order valence-corrected chi connectivity index (χ1v) is 11.3. The molecule has 1 unspecified atom stereocenters. The van der Waals surface area contributed by atoms with E-state index in [-0.39, 0.29) is 12.0 Å². The third kappa shape index (κ3) is 3.94. The van der Waals surface area contributed by atoms with E-state index >= 15 is 0 Å². The molecule has 4 aromatic rings. The van der Waals surface area contributed by atoms with Gasteiger partial charge in [-0.2, -0.15) is 0 Å². The molecule has 1 amide bonds. The molecule has 3 heterocycles. The molecular formula is C25H25N3O2S. The zero-order valence-corrected chi connectivity index (χ0v) is 18.6. The molecule has 1 aliphatic rings. The maximum absolute atomic E-state index is 12.9. The Bertz CT molecular complexity index is 1250. The Kier molecular flexibility index (Phi) is 5.44. The molecule has 6 heteroatoms. The van der Waals surface area contributed by atoms with Crippen LogP contribution in [-0.4, -0.2) is 54.5 Å². The van der Waals surface area contributed by atoms with E-state index in [1.165, 1.54) is 5.56 Å². The van der Waals surface area contributed by atoms with Crippen molar-refractivity contribution in [1.82, 2.24) is 14.8 Å². The lowest BCUT2D eigenvalue weighted by molar-refractivity contribution is -0.0323. The van der Waals surface area contributed by atoms with E-state index in [0.717, 1.165) is 51.1 Å². The summed E-state index contributed by atoms with van der Waals surface area (Å²) in [5, 5.41) is 2.29. The van der Waals surface area contributed by atoms with Crippen molar-refractivity contribution in [1.29, 1.82) is 0 Å². The second kappa shape index (κ2) is 8.38. The minimum Gasteiger partial charge on any atom is -0.371 e. The quantitative estimate of drug-likeness (QED) is 0.469. The van der Waals surface area contributed by atoms with Crippen molar-refractivity contribution in [2.24, 2.45) is 0 Å². The molecule has 158 valence electrons. The van der Waals surface area contributed by atoms with Crippen LogP contribution in [-0.2, 0) is 11.3 Å². The van der Waals surface area contributed by atoms with Gasteiger partial charge in [0.25, 0.3) is 5.91 Å². The van der Waals surface area contributed by atoms with Gasteiger partial charge < -0.3 is 9.64 Å². The smallest absolute Gasteiger partial charge is 0.263 e. The number of ether oxygens (including phenoxy) is 1. The molecule has 2 aromatic heterocycles. The van der Waals surface area contributed by atoms with Crippen LogP contribution in [0.1, 0.15) is 26.9 Å². The fourth-order valence-electron chi connectivity index (χ4n) is 4.25. The fraction of sp³-hybridized carbons (Fsp3) is 0.280. The molecule has 2 aromatic carbocycles. The van der Waals surface area contributed by atoms with E-state index in [1.807, 2.05) is 24.4 Å². The lowest BCUT2D eigenvalue weighted by Gasteiger charge is -2.33. The van der Waals surface area contributed by atoms with Crippen LogP contribution in [0, 0.1) is 0 Å². The number of carbonyl (C=O) groups is 1. The normalized spacial score (nSPS) is 17.3. The third-order valence-corrected chi connectivity index (χ3v) is 6.96. The van der Waals surface area contributed by atoms with Crippen molar-refractivity contribution < 1.29 is 9.53 Å². The molecule has 0 N–H and O–H groups in total. The number of thiophene rings is 1. The predicted molar refractivity (Wildman–Crippen MR) is 126 cm³/mol. The van der Waals surface area contributed by atoms with Gasteiger partial charge in [-0.25, -0.2) is 0 Å². The summed E-state index contributed by atoms with van der Waals surface area (Å²) in [7, 11) is 3.61. The number of aromatic nitrogens is 1. The monoisotopic (exact) mass is 431 g/mol. The number of fused-ring (bicyclic) bond motifs is 2. The van der Waals surface area contributed by atoms with E-state index in [0.29, 0.717) is 6.61 Å². The Hall–Kier alpha value is -2.80. The number of hydrogen-bond donors (Lipinski definition) is 0. The van der Waals surface area contributed by atoms with E-state index in [2.05, 4.69) is 46.3 Å². The molecule has 0 radical (unpaired) electrons. The number of nitrogens with zero attached hydrogens (tertiary/aromatic N) is 3. The molecular weight excluding hydrogens is 406 g/mol. The standard InChI is InChI=1S/C25H25N3O2S/c1-27(2)25(29)24-23(19-7-3-4-8-22(19)31-24)21-16-28(12-13-30-21)15-17-9-10-20-18(14-17)6-5-11-26-20/h3-11,14,21H,12-13,15-16H2,1-2H3. The van der Waals surface area contributed by atoms with Gasteiger partial charge in [-0.3, -0.25) is 14.7 Å². The summed E-state index contributed by atoms with van der Waals surface area (Å²) in [6, 6.07) is 18.8. The highest BCUT2D eigenvalue weighted by molar-refractivity contribution is 7.21. The number of rotatable bonds is 4. The molecule has 0 saturated carbocycles. The summed E-state index contributed by atoms with van der Waals surface area (Å²) < 4.78 is 7.35. The van der Waals surface area contributed by atoms with Gasteiger partial charge in [0.15, 0.2) is 0 Å². The molecule has 0 aliphatic carbocycles. The average Bonchev–Trinajstić information content (AvgIpc) is 3.18. The molecule has 1 atom stereocenters. The van der Waals surface area contributed by atoms with Gasteiger partial charge in [0.2, 0.25) is 0 Å². The molecule has 0 spiro atoms. The average molecular weight is 432 g/mol. The zero-order chi connectivity index (χ0) is 21.4. The summed E-state index contributed by atoms with van der Waals surface area (Å²) in [4.78, 5) is 22.2. The number of hydrogen-bond acceptors (Lipinski definition) is 5. The second-order valence-electron chi connectivity index (χ2n) is 8.17. The molecule has 5 rings (SSSR count). The number of morpholine rings is 1. The summed E-state index contributed by atoms with van der Waals surface area (Å²) in [5.41, 5.74) is 3.32. The van der Waals surface area contributed by atoms with Gasteiger partial charge in [0.1, 0.15) is 0 Å². The van der Waals surface area contributed by atoms with Crippen LogP contribution < -0.4 is 0 Å². The van der Waals surface area contributed by atoms with Crippen LogP contribution in [0.25, 0.3) is 21.0 Å². The van der Waals surface area contributed by atoms with E-state index < -0.39 is 0 Å². The number of amides is 1. The fourth-order valence-corrected chi connectivity index (χ4v) is 5.53. The topological polar surface area (TPSA) is 45.7 Å². The van der Waals surface area contributed by atoms with Gasteiger partial charge in [0.05, 0.1) is 23.1 Å². The second-order valence-corrected chi connectivity index (χ2v) is 9.22. The van der Waals surface area contributed by atoms with Crippen molar-refractivity contribution in [3.05, 3.63) is 76.8 Å². The predicted octanol–water partition coefficient (Wildman–Crippen LogP) is 4.72. The number of carbonyl (C=O) groups excluding carboxylic acids is 1. The van der Waals surface area contributed by atoms with Gasteiger partial charge in [0, 0.05) is 55.6 Å². The van der Waals surface area contributed by atoms with Gasteiger partial charge >= 0.3 is 0 Å². The van der Waals surface area contributed by atoms with Crippen molar-refractivity contribution >= 4 is 38.2 Å². The first-order chi connectivity index (χ1) is 15.1. The van der Waals surface area contributed by atoms with Crippen LogP contribution in [0.2, 0.25) is 0 Å². The maximum Gasteiger partial charge on any atom is 0.263 e. The minimum atomic E-state index is -0.120. The summed E-state index contributed by atoms with van der Waals surface area (Å²) in [6.07, 6.45) is 1.71. The van der Waals surface area contributed by atoms with Gasteiger partial charge in [-0.1, -0.05) is 30.3 Å². The SMILES string of the molecule is CN(C)C(=O)c1sc2ccccc2c1C1CN(Cc2ccc3ncccc3c2)CCO1. The highest BCUT2D eigenvalue weighted by atomic mass is 32.1. The molecule has 0 bridgehead atoms. The molecule has 1 saturated heterocycles. The lowest BCUT2D eigenvalue weighted by Crippen LogP contribution is -2.38.